The van der Waals surface area contributed by atoms with Gasteiger partial charge >= 0.3 is 0 Å². The number of hydrogen-bond donors (Lipinski definition) is 3. The van der Waals surface area contributed by atoms with E-state index in [1.807, 2.05) is 18.2 Å². The Hall–Kier alpha value is -1.06. The largest absolute Gasteiger partial charge is 0.496 e. The second-order valence-electron chi connectivity index (χ2n) is 7.83. The van der Waals surface area contributed by atoms with Gasteiger partial charge in [-0.3, -0.25) is 4.99 Å². The van der Waals surface area contributed by atoms with Crippen LogP contribution >= 0.6 is 24.0 Å². The summed E-state index contributed by atoms with van der Waals surface area (Å²) in [7, 11) is 5.85. The monoisotopic (exact) mass is 520 g/mol. The minimum Gasteiger partial charge on any atom is -0.496 e. The lowest BCUT2D eigenvalue weighted by atomic mass is 9.94. The highest BCUT2D eigenvalue weighted by Crippen LogP contribution is 2.27. The lowest BCUT2D eigenvalue weighted by Gasteiger charge is -2.27. The first-order valence-electron chi connectivity index (χ1n) is 10.3. The Morgan fingerprint density at radius 1 is 1.21 bits per heavy atom. The van der Waals surface area contributed by atoms with E-state index >= 15 is 0 Å². The highest BCUT2D eigenvalue weighted by atomic mass is 127. The molecule has 0 fully saturated rings. The molecule has 2 atom stereocenters. The van der Waals surface area contributed by atoms with Crippen molar-refractivity contribution in [3.05, 3.63) is 29.8 Å². The molecule has 0 aromatic heterocycles. The maximum absolute atomic E-state index is 9.33. The number of nitrogens with one attached hydrogen (secondary N) is 2. The van der Waals surface area contributed by atoms with Gasteiger partial charge in [0.1, 0.15) is 5.75 Å². The SMILES string of the molecule is CCNC(=NCC(CCO)CC(C)C)NCC(c1ccccc1OC)N(C)C.I. The number of methoxy groups -OCH3 is 1. The second kappa shape index (κ2) is 15.7. The molecule has 0 aliphatic rings. The van der Waals surface area contributed by atoms with Gasteiger partial charge in [0, 0.05) is 31.8 Å². The average Bonchev–Trinajstić information content (AvgIpc) is 2.65. The molecule has 0 spiro atoms. The van der Waals surface area contributed by atoms with Crippen LogP contribution in [0.25, 0.3) is 0 Å². The number of ether oxygens (including phenoxy) is 1. The first-order valence-corrected chi connectivity index (χ1v) is 10.3. The Balaban J connectivity index is 0.00000784. The Bertz CT molecular complexity index is 582. The summed E-state index contributed by atoms with van der Waals surface area (Å²) >= 11 is 0. The van der Waals surface area contributed by atoms with Crippen LogP contribution < -0.4 is 15.4 Å². The van der Waals surface area contributed by atoms with Crippen molar-refractivity contribution in [2.24, 2.45) is 16.8 Å². The summed E-state index contributed by atoms with van der Waals surface area (Å²) in [5.41, 5.74) is 1.15. The number of halogens is 1. The van der Waals surface area contributed by atoms with Gasteiger partial charge in [-0.2, -0.15) is 0 Å². The number of nitrogens with zero attached hydrogens (tertiary/aromatic N) is 2. The fraction of sp³-hybridized carbons (Fsp3) is 0.682. The lowest BCUT2D eigenvalue weighted by molar-refractivity contribution is 0.245. The maximum Gasteiger partial charge on any atom is 0.191 e. The number of likely N-dealkylation sites (N-methyl/N-ethyl adjacent to an activating group) is 1. The van der Waals surface area contributed by atoms with Crippen LogP contribution in [0.3, 0.4) is 0 Å². The van der Waals surface area contributed by atoms with Gasteiger partial charge in [0.2, 0.25) is 0 Å². The summed E-state index contributed by atoms with van der Waals surface area (Å²) in [5.74, 6) is 2.71. The average molecular weight is 521 g/mol. The molecule has 1 aromatic carbocycles. The first-order chi connectivity index (χ1) is 13.4. The molecule has 0 bridgehead atoms. The van der Waals surface area contributed by atoms with E-state index in [1.54, 1.807) is 7.11 Å². The number of benzene rings is 1. The van der Waals surface area contributed by atoms with Crippen molar-refractivity contribution in [2.45, 2.75) is 39.7 Å². The zero-order valence-corrected chi connectivity index (χ0v) is 21.3. The molecule has 2 unspecified atom stereocenters. The van der Waals surface area contributed by atoms with Gasteiger partial charge in [0.05, 0.1) is 13.2 Å². The van der Waals surface area contributed by atoms with Crippen LogP contribution in [0.2, 0.25) is 0 Å². The number of hydrogen-bond acceptors (Lipinski definition) is 4. The highest BCUT2D eigenvalue weighted by Gasteiger charge is 2.18. The molecule has 29 heavy (non-hydrogen) atoms. The normalized spacial score (nSPS) is 13.8. The summed E-state index contributed by atoms with van der Waals surface area (Å²) < 4.78 is 5.55. The van der Waals surface area contributed by atoms with Gasteiger partial charge < -0.3 is 25.4 Å². The molecule has 3 N–H and O–H groups in total. The molecule has 0 amide bonds. The van der Waals surface area contributed by atoms with Gasteiger partial charge in [-0.1, -0.05) is 32.0 Å². The molecule has 0 aliphatic heterocycles. The maximum atomic E-state index is 9.33. The standard InChI is InChI=1S/C22H40N4O2.HI/c1-7-23-22(24-15-18(12-13-27)14-17(2)3)25-16-20(26(4)5)19-10-8-9-11-21(19)28-6;/h8-11,17-18,20,27H,7,12-16H2,1-6H3,(H2,23,24,25);1H. The van der Waals surface area contributed by atoms with Crippen LogP contribution in [-0.4, -0.2) is 63.4 Å². The smallest absolute Gasteiger partial charge is 0.191 e. The number of aliphatic imine (C=N–C) groups is 1. The number of rotatable bonds is 12. The minimum absolute atomic E-state index is 0. The molecule has 0 saturated heterocycles. The second-order valence-corrected chi connectivity index (χ2v) is 7.83. The zero-order chi connectivity index (χ0) is 20.9. The van der Waals surface area contributed by atoms with Crippen molar-refractivity contribution in [3.63, 3.8) is 0 Å². The predicted molar refractivity (Wildman–Crippen MR) is 133 cm³/mol. The van der Waals surface area contributed by atoms with E-state index in [4.69, 9.17) is 9.73 Å². The van der Waals surface area contributed by atoms with Crippen molar-refractivity contribution >= 4 is 29.9 Å². The van der Waals surface area contributed by atoms with E-state index in [9.17, 15) is 5.11 Å². The molecule has 1 rings (SSSR count). The summed E-state index contributed by atoms with van der Waals surface area (Å²) in [6.07, 6.45) is 1.87. The molecule has 0 saturated carbocycles. The van der Waals surface area contributed by atoms with Crippen LogP contribution in [0.5, 0.6) is 5.75 Å². The molecule has 1 aromatic rings. The molecular weight excluding hydrogens is 479 g/mol. The zero-order valence-electron chi connectivity index (χ0n) is 18.9. The quantitative estimate of drug-likeness (QED) is 0.224. The van der Waals surface area contributed by atoms with Gasteiger partial charge in [-0.15, -0.1) is 24.0 Å². The van der Waals surface area contributed by atoms with Crippen molar-refractivity contribution in [2.75, 3.05) is 47.4 Å². The van der Waals surface area contributed by atoms with Crippen molar-refractivity contribution in [1.82, 2.24) is 15.5 Å². The van der Waals surface area contributed by atoms with Crippen molar-refractivity contribution in [1.29, 1.82) is 0 Å². The fourth-order valence-electron chi connectivity index (χ4n) is 3.40. The van der Waals surface area contributed by atoms with E-state index in [0.717, 1.165) is 43.2 Å². The van der Waals surface area contributed by atoms with Crippen LogP contribution in [0.4, 0.5) is 0 Å². The number of guanidine groups is 1. The van der Waals surface area contributed by atoms with Gasteiger partial charge in [-0.25, -0.2) is 0 Å². The van der Waals surface area contributed by atoms with E-state index < -0.39 is 0 Å². The van der Waals surface area contributed by atoms with E-state index in [0.29, 0.717) is 18.4 Å². The fourth-order valence-corrected chi connectivity index (χ4v) is 3.40. The Kier molecular flexibility index (Phi) is 15.2. The number of aliphatic hydroxyl groups excluding tert-OH is 1. The van der Waals surface area contributed by atoms with E-state index in [1.165, 1.54) is 0 Å². The molecule has 6 nitrogen and oxygen atoms in total. The Labute approximate surface area is 194 Å². The van der Waals surface area contributed by atoms with Crippen molar-refractivity contribution in [3.8, 4) is 5.75 Å². The van der Waals surface area contributed by atoms with Gasteiger partial charge in [-0.05, 0) is 51.8 Å². The number of aliphatic hydroxyl groups is 1. The van der Waals surface area contributed by atoms with Gasteiger partial charge in [0.25, 0.3) is 0 Å². The van der Waals surface area contributed by atoms with Crippen LogP contribution in [0.1, 0.15) is 45.2 Å². The summed E-state index contributed by atoms with van der Waals surface area (Å²) in [5, 5.41) is 16.1. The first kappa shape index (κ1) is 27.9. The summed E-state index contributed by atoms with van der Waals surface area (Å²) in [4.78, 5) is 6.97. The van der Waals surface area contributed by atoms with Crippen LogP contribution in [0, 0.1) is 11.8 Å². The van der Waals surface area contributed by atoms with Gasteiger partial charge in [0.15, 0.2) is 5.96 Å². The van der Waals surface area contributed by atoms with Crippen LogP contribution in [0.15, 0.2) is 29.3 Å². The Morgan fingerprint density at radius 2 is 1.90 bits per heavy atom. The third kappa shape index (κ3) is 10.5. The molecule has 0 aliphatic carbocycles. The third-order valence-corrected chi connectivity index (χ3v) is 4.78. The van der Waals surface area contributed by atoms with E-state index in [2.05, 4.69) is 56.5 Å². The Morgan fingerprint density at radius 3 is 2.45 bits per heavy atom. The lowest BCUT2D eigenvalue weighted by Crippen LogP contribution is -2.42. The number of para-hydroxylation sites is 1. The molecule has 0 heterocycles. The molecule has 0 radical (unpaired) electrons. The molecule has 7 heteroatoms. The molecule has 168 valence electrons. The molecular formula is C22H41IN4O2. The van der Waals surface area contributed by atoms with E-state index in [-0.39, 0.29) is 36.6 Å². The third-order valence-electron chi connectivity index (χ3n) is 4.78. The summed E-state index contributed by atoms with van der Waals surface area (Å²) in [6, 6.07) is 8.29. The minimum atomic E-state index is 0. The predicted octanol–water partition coefficient (Wildman–Crippen LogP) is 3.52. The topological polar surface area (TPSA) is 69.1 Å². The van der Waals surface area contributed by atoms with Crippen LogP contribution in [-0.2, 0) is 0 Å². The van der Waals surface area contributed by atoms with Crippen molar-refractivity contribution < 1.29 is 9.84 Å². The summed E-state index contributed by atoms with van der Waals surface area (Å²) in [6.45, 7) is 8.96. The highest BCUT2D eigenvalue weighted by molar-refractivity contribution is 14.0.